The number of esters is 1. The number of nitrogens with zero attached hydrogens (tertiary/aromatic N) is 2. The molecule has 0 spiro atoms. The molecule has 2 aromatic heterocycles. The first kappa shape index (κ1) is 19.0. The van der Waals surface area contributed by atoms with Gasteiger partial charge in [-0.15, -0.1) is 11.3 Å². The molecule has 8 heteroatoms. The zero-order valence-corrected chi connectivity index (χ0v) is 15.9. The molecule has 0 bridgehead atoms. The maximum absolute atomic E-state index is 13.1. The Kier molecular flexibility index (Phi) is 5.85. The van der Waals surface area contributed by atoms with Crippen LogP contribution in [0.4, 0.5) is 4.39 Å². The first-order chi connectivity index (χ1) is 13.0. The minimum atomic E-state index is -0.532. The summed E-state index contributed by atoms with van der Waals surface area (Å²) in [6.45, 7) is 4.54. The van der Waals surface area contributed by atoms with Crippen LogP contribution in [0.2, 0.25) is 0 Å². The average Bonchev–Trinajstić information content (AvgIpc) is 3.21. The molecule has 0 aliphatic heterocycles. The van der Waals surface area contributed by atoms with E-state index in [2.05, 4.69) is 10.4 Å². The number of thiophene rings is 1. The third kappa shape index (κ3) is 4.51. The number of fused-ring (bicyclic) bond motifs is 1. The monoisotopic (exact) mass is 389 g/mol. The van der Waals surface area contributed by atoms with E-state index in [0.29, 0.717) is 18.0 Å². The number of aryl methyl sites for hydroxylation is 1. The van der Waals surface area contributed by atoms with Crippen molar-refractivity contribution in [2.24, 2.45) is 0 Å². The van der Waals surface area contributed by atoms with E-state index in [-0.39, 0.29) is 18.3 Å². The highest BCUT2D eigenvalue weighted by atomic mass is 32.1. The molecule has 3 rings (SSSR count). The van der Waals surface area contributed by atoms with Crippen LogP contribution < -0.4 is 5.32 Å². The molecule has 0 aliphatic rings. The molecule has 6 nitrogen and oxygen atoms in total. The van der Waals surface area contributed by atoms with E-state index in [9.17, 15) is 14.0 Å². The number of ether oxygens (including phenoxy) is 1. The number of aromatic nitrogens is 2. The number of benzene rings is 1. The Hall–Kier alpha value is -2.74. The Labute approximate surface area is 159 Å². The lowest BCUT2D eigenvalue weighted by molar-refractivity contribution is -0.124. The van der Waals surface area contributed by atoms with Crippen molar-refractivity contribution in [1.82, 2.24) is 15.1 Å². The molecule has 0 fully saturated rings. The van der Waals surface area contributed by atoms with Gasteiger partial charge in [-0.1, -0.05) is 19.1 Å². The van der Waals surface area contributed by atoms with Crippen LogP contribution >= 0.6 is 11.3 Å². The van der Waals surface area contributed by atoms with E-state index in [4.69, 9.17) is 4.74 Å². The number of amides is 1. The van der Waals surface area contributed by atoms with Crippen LogP contribution in [0.3, 0.4) is 0 Å². The highest BCUT2D eigenvalue weighted by Gasteiger charge is 2.18. The lowest BCUT2D eigenvalue weighted by Gasteiger charge is -2.04. The molecule has 0 aliphatic carbocycles. The van der Waals surface area contributed by atoms with Crippen molar-refractivity contribution in [1.29, 1.82) is 0 Å². The van der Waals surface area contributed by atoms with Gasteiger partial charge in [0, 0.05) is 11.9 Å². The molecule has 0 saturated carbocycles. The van der Waals surface area contributed by atoms with Gasteiger partial charge in [0.2, 0.25) is 0 Å². The second-order valence-electron chi connectivity index (χ2n) is 6.13. The van der Waals surface area contributed by atoms with Gasteiger partial charge in [-0.05, 0) is 37.1 Å². The number of hydrogen-bond acceptors (Lipinski definition) is 5. The molecule has 3 aromatic rings. The maximum Gasteiger partial charge on any atom is 0.348 e. The summed E-state index contributed by atoms with van der Waals surface area (Å²) in [5, 5.41) is 8.01. The van der Waals surface area contributed by atoms with Crippen LogP contribution in [0, 0.1) is 12.7 Å². The SMILES string of the molecule is CCCNC(=O)COC(=O)c1cc2c(C)nn(Cc3ccc(F)cc3)c2s1. The molecule has 0 atom stereocenters. The Bertz CT molecular complexity index is 963. The quantitative estimate of drug-likeness (QED) is 0.630. The molecule has 0 saturated heterocycles. The summed E-state index contributed by atoms with van der Waals surface area (Å²) in [5.41, 5.74) is 1.70. The third-order valence-corrected chi connectivity index (χ3v) is 5.09. The van der Waals surface area contributed by atoms with Crippen LogP contribution in [0.15, 0.2) is 30.3 Å². The highest BCUT2D eigenvalue weighted by molar-refractivity contribution is 7.20. The van der Waals surface area contributed by atoms with Crippen molar-refractivity contribution >= 4 is 33.4 Å². The van der Waals surface area contributed by atoms with Crippen molar-refractivity contribution in [2.75, 3.05) is 13.2 Å². The van der Waals surface area contributed by atoms with Crippen molar-refractivity contribution in [3.8, 4) is 0 Å². The Morgan fingerprint density at radius 2 is 2.04 bits per heavy atom. The van der Waals surface area contributed by atoms with E-state index in [1.165, 1.54) is 23.5 Å². The van der Waals surface area contributed by atoms with Gasteiger partial charge < -0.3 is 10.1 Å². The Morgan fingerprint density at radius 1 is 1.30 bits per heavy atom. The molecule has 0 unspecified atom stereocenters. The van der Waals surface area contributed by atoms with Crippen LogP contribution in [-0.2, 0) is 16.1 Å². The lowest BCUT2D eigenvalue weighted by atomic mass is 10.2. The Balaban J connectivity index is 1.74. The average molecular weight is 389 g/mol. The van der Waals surface area contributed by atoms with Gasteiger partial charge in [-0.25, -0.2) is 9.18 Å². The van der Waals surface area contributed by atoms with Gasteiger partial charge in [0.15, 0.2) is 6.61 Å². The van der Waals surface area contributed by atoms with Gasteiger partial charge >= 0.3 is 5.97 Å². The van der Waals surface area contributed by atoms with E-state index in [1.807, 2.05) is 13.8 Å². The van der Waals surface area contributed by atoms with E-state index >= 15 is 0 Å². The van der Waals surface area contributed by atoms with E-state index in [1.54, 1.807) is 22.9 Å². The summed E-state index contributed by atoms with van der Waals surface area (Å²) >= 11 is 1.26. The van der Waals surface area contributed by atoms with Crippen molar-refractivity contribution in [3.63, 3.8) is 0 Å². The molecule has 1 aromatic carbocycles. The molecule has 1 N–H and O–H groups in total. The van der Waals surface area contributed by atoms with Gasteiger partial charge in [-0.3, -0.25) is 9.48 Å². The summed E-state index contributed by atoms with van der Waals surface area (Å²) in [5.74, 6) is -1.13. The smallest absolute Gasteiger partial charge is 0.348 e. The summed E-state index contributed by atoms with van der Waals surface area (Å²) in [6, 6.07) is 7.95. The fourth-order valence-electron chi connectivity index (χ4n) is 2.60. The summed E-state index contributed by atoms with van der Waals surface area (Å²) in [7, 11) is 0. The van der Waals surface area contributed by atoms with Gasteiger partial charge in [-0.2, -0.15) is 5.10 Å². The third-order valence-electron chi connectivity index (χ3n) is 3.96. The number of hydrogen-bond donors (Lipinski definition) is 1. The maximum atomic E-state index is 13.1. The predicted octanol–water partition coefficient (Wildman–Crippen LogP) is 3.28. The zero-order chi connectivity index (χ0) is 19.4. The summed E-state index contributed by atoms with van der Waals surface area (Å²) < 4.78 is 19.9. The van der Waals surface area contributed by atoms with Gasteiger partial charge in [0.25, 0.3) is 5.91 Å². The van der Waals surface area contributed by atoms with Crippen LogP contribution in [0.5, 0.6) is 0 Å². The minimum absolute atomic E-state index is 0.287. The second-order valence-corrected chi connectivity index (χ2v) is 7.16. The Morgan fingerprint density at radius 3 is 2.74 bits per heavy atom. The first-order valence-electron chi connectivity index (χ1n) is 8.63. The van der Waals surface area contributed by atoms with Crippen LogP contribution in [0.1, 0.15) is 34.3 Å². The van der Waals surface area contributed by atoms with E-state index < -0.39 is 5.97 Å². The largest absolute Gasteiger partial charge is 0.451 e. The first-order valence-corrected chi connectivity index (χ1v) is 9.44. The summed E-state index contributed by atoms with van der Waals surface area (Å²) in [6.07, 6.45) is 0.819. The molecule has 27 heavy (non-hydrogen) atoms. The normalized spacial score (nSPS) is 10.9. The molecule has 142 valence electrons. The van der Waals surface area contributed by atoms with Gasteiger partial charge in [0.05, 0.1) is 12.2 Å². The molecular weight excluding hydrogens is 369 g/mol. The zero-order valence-electron chi connectivity index (χ0n) is 15.1. The number of rotatable bonds is 7. The topological polar surface area (TPSA) is 73.2 Å². The van der Waals surface area contributed by atoms with Crippen LogP contribution in [-0.4, -0.2) is 34.8 Å². The van der Waals surface area contributed by atoms with Crippen LogP contribution in [0.25, 0.3) is 10.2 Å². The molecule has 2 heterocycles. The number of nitrogens with one attached hydrogen (secondary N) is 1. The van der Waals surface area contributed by atoms with Gasteiger partial charge in [0.1, 0.15) is 15.5 Å². The predicted molar refractivity (Wildman–Crippen MR) is 101 cm³/mol. The lowest BCUT2D eigenvalue weighted by Crippen LogP contribution is -2.29. The fourth-order valence-corrected chi connectivity index (χ4v) is 3.66. The van der Waals surface area contributed by atoms with E-state index in [0.717, 1.165) is 27.9 Å². The number of carbonyl (C=O) groups excluding carboxylic acids is 2. The molecular formula is C19H20FN3O3S. The standard InChI is InChI=1S/C19H20FN3O3S/c1-3-8-21-17(24)11-26-19(25)16-9-15-12(2)22-23(18(15)27-16)10-13-4-6-14(20)7-5-13/h4-7,9H,3,8,10-11H2,1-2H3,(H,21,24). The van der Waals surface area contributed by atoms with Crippen molar-refractivity contribution in [3.05, 3.63) is 52.3 Å². The molecule has 1 amide bonds. The number of carbonyl (C=O) groups is 2. The van der Waals surface area contributed by atoms with Crippen molar-refractivity contribution < 1.29 is 18.7 Å². The minimum Gasteiger partial charge on any atom is -0.451 e. The fraction of sp³-hybridized carbons (Fsp3) is 0.316. The van der Waals surface area contributed by atoms with Crippen molar-refractivity contribution in [2.45, 2.75) is 26.8 Å². The molecule has 0 radical (unpaired) electrons. The summed E-state index contributed by atoms with van der Waals surface area (Å²) in [4.78, 5) is 25.1. The highest BCUT2D eigenvalue weighted by Crippen LogP contribution is 2.29. The second kappa shape index (κ2) is 8.30. The number of halogens is 1.